The van der Waals surface area contributed by atoms with Gasteiger partial charge in [0.15, 0.2) is 5.69 Å². The van der Waals surface area contributed by atoms with Crippen molar-refractivity contribution in [2.24, 2.45) is 0 Å². The average Bonchev–Trinajstić information content (AvgIpc) is 3.23. The van der Waals surface area contributed by atoms with Crippen LogP contribution in [-0.4, -0.2) is 28.2 Å². The molecule has 162 valence electrons. The number of carbonyl (C=O) groups is 2. The number of rotatable bonds is 4. The van der Waals surface area contributed by atoms with Gasteiger partial charge < -0.3 is 15.0 Å². The van der Waals surface area contributed by atoms with Gasteiger partial charge in [0.1, 0.15) is 5.82 Å². The van der Waals surface area contributed by atoms with Crippen molar-refractivity contribution in [2.45, 2.75) is 6.92 Å². The molecule has 0 fully saturated rings. The zero-order valence-electron chi connectivity index (χ0n) is 17.0. The third kappa shape index (κ3) is 3.92. The molecule has 0 aliphatic carbocycles. The van der Waals surface area contributed by atoms with E-state index in [0.717, 1.165) is 5.52 Å². The van der Waals surface area contributed by atoms with Crippen LogP contribution >= 0.6 is 23.2 Å². The first-order valence-corrected chi connectivity index (χ1v) is 10.3. The number of halogens is 3. The highest BCUT2D eigenvalue weighted by atomic mass is 35.5. The van der Waals surface area contributed by atoms with E-state index in [9.17, 15) is 14.0 Å². The number of carbonyl (C=O) groups excluding carboxylic acids is 2. The highest BCUT2D eigenvalue weighted by molar-refractivity contribution is 6.33. The number of nitrogens with zero attached hydrogens (tertiary/aromatic N) is 2. The van der Waals surface area contributed by atoms with Gasteiger partial charge in [0, 0.05) is 23.8 Å². The Hall–Kier alpha value is -3.42. The molecule has 32 heavy (non-hydrogen) atoms. The SMILES string of the molecule is CNC(=O)c1cc(Cl)cc(C)c1NC(=O)c1ncc2cccn2c1-c1ccc(F)cc1Cl. The van der Waals surface area contributed by atoms with Gasteiger partial charge in [0.2, 0.25) is 0 Å². The third-order valence-electron chi connectivity index (χ3n) is 4.98. The minimum Gasteiger partial charge on any atom is -0.355 e. The van der Waals surface area contributed by atoms with Crippen LogP contribution < -0.4 is 10.6 Å². The predicted octanol–water partition coefficient (Wildman–Crippen LogP) is 5.37. The molecule has 2 amide bonds. The van der Waals surface area contributed by atoms with Crippen molar-refractivity contribution in [2.75, 3.05) is 12.4 Å². The Morgan fingerprint density at radius 3 is 2.59 bits per heavy atom. The predicted molar refractivity (Wildman–Crippen MR) is 123 cm³/mol. The molecule has 6 nitrogen and oxygen atoms in total. The van der Waals surface area contributed by atoms with Crippen LogP contribution in [0.1, 0.15) is 26.4 Å². The van der Waals surface area contributed by atoms with Gasteiger partial charge in [0.05, 0.1) is 33.7 Å². The van der Waals surface area contributed by atoms with Crippen molar-refractivity contribution in [1.29, 1.82) is 0 Å². The zero-order chi connectivity index (χ0) is 23.0. The monoisotopic (exact) mass is 470 g/mol. The van der Waals surface area contributed by atoms with Gasteiger partial charge >= 0.3 is 0 Å². The van der Waals surface area contributed by atoms with E-state index in [4.69, 9.17) is 23.2 Å². The summed E-state index contributed by atoms with van der Waals surface area (Å²) in [5.74, 6) is -1.46. The standard InChI is InChI=1S/C23H17Cl2FN4O2/c1-12-8-13(24)9-17(22(31)27-2)19(12)29-23(32)20-21(16-6-5-14(26)10-18(16)25)30-7-3-4-15(30)11-28-20/h3-11H,1-2H3,(H,27,31)(H,29,32). The Morgan fingerprint density at radius 2 is 1.88 bits per heavy atom. The molecule has 0 aliphatic heterocycles. The van der Waals surface area contributed by atoms with Crippen LogP contribution in [0.3, 0.4) is 0 Å². The summed E-state index contributed by atoms with van der Waals surface area (Å²) in [6, 6.07) is 10.7. The summed E-state index contributed by atoms with van der Waals surface area (Å²) in [5.41, 5.74) is 2.74. The van der Waals surface area contributed by atoms with Crippen molar-refractivity contribution >= 4 is 46.2 Å². The molecule has 9 heteroatoms. The van der Waals surface area contributed by atoms with E-state index in [-0.39, 0.29) is 16.3 Å². The lowest BCUT2D eigenvalue weighted by Crippen LogP contribution is -2.23. The van der Waals surface area contributed by atoms with Gasteiger partial charge in [-0.2, -0.15) is 0 Å². The highest BCUT2D eigenvalue weighted by Gasteiger charge is 2.23. The summed E-state index contributed by atoms with van der Waals surface area (Å²) >= 11 is 12.4. The van der Waals surface area contributed by atoms with E-state index in [2.05, 4.69) is 15.6 Å². The van der Waals surface area contributed by atoms with Gasteiger partial charge in [-0.3, -0.25) is 9.59 Å². The van der Waals surface area contributed by atoms with Gasteiger partial charge in [-0.15, -0.1) is 0 Å². The molecule has 0 radical (unpaired) electrons. The second-order valence-corrected chi connectivity index (χ2v) is 7.90. The Labute approximate surface area is 193 Å². The summed E-state index contributed by atoms with van der Waals surface area (Å²) in [7, 11) is 1.49. The fourth-order valence-corrected chi connectivity index (χ4v) is 4.04. The lowest BCUT2D eigenvalue weighted by Gasteiger charge is -2.16. The number of hydrogen-bond donors (Lipinski definition) is 2. The largest absolute Gasteiger partial charge is 0.355 e. The molecular weight excluding hydrogens is 454 g/mol. The topological polar surface area (TPSA) is 75.5 Å². The van der Waals surface area contributed by atoms with Crippen LogP contribution in [0.2, 0.25) is 10.0 Å². The van der Waals surface area contributed by atoms with Gasteiger partial charge in [0.25, 0.3) is 11.8 Å². The average molecular weight is 471 g/mol. The van der Waals surface area contributed by atoms with Crippen LogP contribution in [0.15, 0.2) is 54.9 Å². The Morgan fingerprint density at radius 1 is 1.09 bits per heavy atom. The number of hydrogen-bond acceptors (Lipinski definition) is 3. The zero-order valence-corrected chi connectivity index (χ0v) is 18.6. The maximum atomic E-state index is 13.7. The first-order valence-electron chi connectivity index (χ1n) is 9.55. The van der Waals surface area contributed by atoms with Gasteiger partial charge in [-0.25, -0.2) is 9.37 Å². The Balaban J connectivity index is 1.87. The first kappa shape index (κ1) is 21.8. The van der Waals surface area contributed by atoms with Crippen molar-refractivity contribution in [3.8, 4) is 11.3 Å². The molecule has 2 aromatic carbocycles. The van der Waals surface area contributed by atoms with E-state index >= 15 is 0 Å². The first-order chi connectivity index (χ1) is 15.3. The molecule has 2 aromatic heterocycles. The lowest BCUT2D eigenvalue weighted by molar-refractivity contribution is 0.0964. The number of amides is 2. The molecule has 2 N–H and O–H groups in total. The van der Waals surface area contributed by atoms with Crippen LogP contribution in [0, 0.1) is 12.7 Å². The van der Waals surface area contributed by atoms with E-state index < -0.39 is 17.6 Å². The Bertz CT molecular complexity index is 1380. The number of fused-ring (bicyclic) bond motifs is 1. The third-order valence-corrected chi connectivity index (χ3v) is 5.51. The quantitative estimate of drug-likeness (QED) is 0.421. The summed E-state index contributed by atoms with van der Waals surface area (Å²) in [6.07, 6.45) is 3.30. The van der Waals surface area contributed by atoms with Crippen molar-refractivity contribution in [3.63, 3.8) is 0 Å². The molecular formula is C23H17Cl2FN4O2. The molecule has 0 bridgehead atoms. The smallest absolute Gasteiger partial charge is 0.276 e. The van der Waals surface area contributed by atoms with Gasteiger partial charge in [-0.05, 0) is 55.0 Å². The molecule has 4 aromatic rings. The van der Waals surface area contributed by atoms with Gasteiger partial charge in [-0.1, -0.05) is 23.2 Å². The lowest BCUT2D eigenvalue weighted by atomic mass is 10.1. The number of nitrogens with one attached hydrogen (secondary N) is 2. The second-order valence-electron chi connectivity index (χ2n) is 7.06. The van der Waals surface area contributed by atoms with Crippen LogP contribution in [0.4, 0.5) is 10.1 Å². The molecule has 0 atom stereocenters. The molecule has 0 aliphatic rings. The van der Waals surface area contributed by atoms with E-state index in [1.54, 1.807) is 35.9 Å². The minimum atomic E-state index is -0.563. The van der Waals surface area contributed by atoms with Crippen LogP contribution in [0.5, 0.6) is 0 Å². The number of aromatic nitrogens is 2. The Kier molecular flexibility index (Phi) is 5.86. The second kappa shape index (κ2) is 8.61. The molecule has 0 saturated carbocycles. The van der Waals surface area contributed by atoms with E-state index in [1.807, 2.05) is 6.07 Å². The van der Waals surface area contributed by atoms with E-state index in [1.165, 1.54) is 31.3 Å². The fraction of sp³-hybridized carbons (Fsp3) is 0.0870. The number of anilines is 1. The maximum absolute atomic E-state index is 13.7. The van der Waals surface area contributed by atoms with Crippen LogP contribution in [-0.2, 0) is 0 Å². The fourth-order valence-electron chi connectivity index (χ4n) is 3.51. The molecule has 4 rings (SSSR count). The van der Waals surface area contributed by atoms with E-state index in [0.29, 0.717) is 27.5 Å². The minimum absolute atomic E-state index is 0.0550. The number of aryl methyl sites for hydroxylation is 1. The molecule has 0 saturated heterocycles. The van der Waals surface area contributed by atoms with Crippen LogP contribution in [0.25, 0.3) is 16.8 Å². The van der Waals surface area contributed by atoms with Crippen molar-refractivity contribution in [3.05, 3.63) is 87.5 Å². The number of benzene rings is 2. The summed E-state index contributed by atoms with van der Waals surface area (Å²) in [6.45, 7) is 1.73. The molecule has 0 spiro atoms. The molecule has 2 heterocycles. The van der Waals surface area contributed by atoms with Crippen molar-refractivity contribution < 1.29 is 14.0 Å². The normalized spacial score (nSPS) is 10.9. The summed E-state index contributed by atoms with van der Waals surface area (Å²) in [4.78, 5) is 30.1. The highest BCUT2D eigenvalue weighted by Crippen LogP contribution is 2.32. The summed E-state index contributed by atoms with van der Waals surface area (Å²) < 4.78 is 15.4. The molecule has 0 unspecified atom stereocenters. The maximum Gasteiger partial charge on any atom is 0.276 e. The van der Waals surface area contributed by atoms with Crippen molar-refractivity contribution in [1.82, 2.24) is 14.7 Å². The summed E-state index contributed by atoms with van der Waals surface area (Å²) in [5, 5.41) is 5.82.